The molecule has 6 heteroatoms. The highest BCUT2D eigenvalue weighted by Crippen LogP contribution is 2.29. The van der Waals surface area contributed by atoms with E-state index in [2.05, 4.69) is 10.1 Å². The maximum absolute atomic E-state index is 11.9. The Kier molecular flexibility index (Phi) is 3.29. The minimum Gasteiger partial charge on any atom is -0.497 e. The van der Waals surface area contributed by atoms with Crippen LogP contribution in [0.3, 0.4) is 0 Å². The number of benzene rings is 2. The predicted molar refractivity (Wildman–Crippen MR) is 95.2 cm³/mol. The molecule has 2 aromatic heterocycles. The maximum atomic E-state index is 11.9. The number of H-pyrrole nitrogens is 1. The summed E-state index contributed by atoms with van der Waals surface area (Å²) in [4.78, 5) is 14.7. The van der Waals surface area contributed by atoms with Crippen LogP contribution in [-0.4, -0.2) is 21.9 Å². The number of hydrogen-bond acceptors (Lipinski definition) is 4. The summed E-state index contributed by atoms with van der Waals surface area (Å²) in [5.41, 5.74) is 2.97. The van der Waals surface area contributed by atoms with E-state index in [0.29, 0.717) is 5.52 Å². The van der Waals surface area contributed by atoms with Crippen LogP contribution in [0.5, 0.6) is 5.75 Å². The Balaban J connectivity index is 2.10. The van der Waals surface area contributed by atoms with Crippen molar-refractivity contribution in [2.24, 2.45) is 0 Å². The quantitative estimate of drug-likeness (QED) is 0.612. The first-order valence-electron chi connectivity index (χ1n) is 7.72. The van der Waals surface area contributed by atoms with Crippen LogP contribution < -0.4 is 10.3 Å². The number of nitrogens with one attached hydrogen (secondary N) is 1. The third kappa shape index (κ3) is 2.25. The van der Waals surface area contributed by atoms with E-state index in [0.717, 1.165) is 33.4 Å². The van der Waals surface area contributed by atoms with Gasteiger partial charge in [-0.2, -0.15) is 10.4 Å². The molecule has 6 nitrogen and oxygen atoms in total. The Bertz CT molecular complexity index is 1210. The van der Waals surface area contributed by atoms with Gasteiger partial charge in [0.15, 0.2) is 0 Å². The van der Waals surface area contributed by atoms with Gasteiger partial charge in [0.2, 0.25) is 0 Å². The molecule has 2 heterocycles. The normalized spacial score (nSPS) is 10.9. The van der Waals surface area contributed by atoms with Crippen LogP contribution in [-0.2, 0) is 0 Å². The first kappa shape index (κ1) is 15.0. The molecule has 122 valence electrons. The van der Waals surface area contributed by atoms with Crippen LogP contribution >= 0.6 is 0 Å². The Hall–Kier alpha value is -3.59. The molecule has 1 N–H and O–H groups in total. The molecule has 0 amide bonds. The smallest absolute Gasteiger partial charge is 0.266 e. The van der Waals surface area contributed by atoms with Crippen molar-refractivity contribution in [2.75, 3.05) is 7.11 Å². The number of ether oxygens (including phenoxy) is 1. The van der Waals surface area contributed by atoms with E-state index in [1.807, 2.05) is 54.1 Å². The van der Waals surface area contributed by atoms with Crippen LogP contribution in [0.1, 0.15) is 11.3 Å². The number of pyridine rings is 1. The molecule has 0 aliphatic carbocycles. The minimum absolute atomic E-state index is 0.0835. The van der Waals surface area contributed by atoms with Gasteiger partial charge < -0.3 is 9.72 Å². The highest BCUT2D eigenvalue weighted by Gasteiger charge is 2.14. The zero-order chi connectivity index (χ0) is 17.6. The van der Waals surface area contributed by atoms with Gasteiger partial charge in [-0.15, -0.1) is 0 Å². The van der Waals surface area contributed by atoms with E-state index in [1.54, 1.807) is 13.2 Å². The molecule has 2 aromatic carbocycles. The number of aryl methyl sites for hydroxylation is 1. The van der Waals surface area contributed by atoms with Crippen molar-refractivity contribution in [2.45, 2.75) is 6.92 Å². The zero-order valence-corrected chi connectivity index (χ0v) is 13.7. The molecule has 0 bridgehead atoms. The Morgan fingerprint density at radius 1 is 1.16 bits per heavy atom. The standard InChI is InChI=1S/C19H14N4O2/c1-11-15-7-8-17-16(9-12(10-20)19(24)21-17)18(15)23(22-11)13-3-5-14(25-2)6-4-13/h3-9H,1-2H3,(H,21,24). The average Bonchev–Trinajstić information content (AvgIpc) is 2.98. The number of nitriles is 1. The number of methoxy groups -OCH3 is 1. The molecule has 0 spiro atoms. The van der Waals surface area contributed by atoms with E-state index in [9.17, 15) is 10.1 Å². The van der Waals surface area contributed by atoms with Crippen LogP contribution in [0.25, 0.3) is 27.5 Å². The van der Waals surface area contributed by atoms with Crippen LogP contribution in [0.15, 0.2) is 47.3 Å². The van der Waals surface area contributed by atoms with Crippen LogP contribution in [0.4, 0.5) is 0 Å². The zero-order valence-electron chi connectivity index (χ0n) is 13.7. The Morgan fingerprint density at radius 3 is 2.60 bits per heavy atom. The number of fused-ring (bicyclic) bond motifs is 3. The van der Waals surface area contributed by atoms with Crippen LogP contribution in [0.2, 0.25) is 0 Å². The largest absolute Gasteiger partial charge is 0.497 e. The van der Waals surface area contributed by atoms with E-state index in [1.165, 1.54) is 0 Å². The van der Waals surface area contributed by atoms with Gasteiger partial charge in [-0.1, -0.05) is 0 Å². The molecule has 0 fully saturated rings. The van der Waals surface area contributed by atoms with Crippen molar-refractivity contribution in [3.05, 3.63) is 64.1 Å². The highest BCUT2D eigenvalue weighted by molar-refractivity contribution is 6.06. The van der Waals surface area contributed by atoms with Crippen molar-refractivity contribution in [3.63, 3.8) is 0 Å². The summed E-state index contributed by atoms with van der Waals surface area (Å²) in [6, 6.07) is 14.9. The lowest BCUT2D eigenvalue weighted by Gasteiger charge is -2.07. The Morgan fingerprint density at radius 2 is 1.92 bits per heavy atom. The summed E-state index contributed by atoms with van der Waals surface area (Å²) in [5.74, 6) is 0.762. The summed E-state index contributed by atoms with van der Waals surface area (Å²) < 4.78 is 7.03. The van der Waals surface area contributed by atoms with Gasteiger partial charge in [0.25, 0.3) is 5.56 Å². The predicted octanol–water partition coefficient (Wildman–Crippen LogP) is 3.06. The second kappa shape index (κ2) is 5.49. The van der Waals surface area contributed by atoms with Gasteiger partial charge in [-0.3, -0.25) is 4.79 Å². The number of rotatable bonds is 2. The second-order valence-electron chi connectivity index (χ2n) is 5.74. The third-order valence-corrected chi connectivity index (χ3v) is 4.29. The molecule has 0 aliphatic rings. The molecule has 0 radical (unpaired) electrons. The molecule has 0 unspecified atom stereocenters. The van der Waals surface area contributed by atoms with E-state index >= 15 is 0 Å². The van der Waals surface area contributed by atoms with Crippen molar-refractivity contribution < 1.29 is 4.74 Å². The molecular formula is C19H14N4O2. The molecule has 4 rings (SSSR count). The highest BCUT2D eigenvalue weighted by atomic mass is 16.5. The van der Waals surface area contributed by atoms with Crippen molar-refractivity contribution in [3.8, 4) is 17.5 Å². The average molecular weight is 330 g/mol. The Labute approximate surface area is 142 Å². The number of hydrogen-bond donors (Lipinski definition) is 1. The summed E-state index contributed by atoms with van der Waals surface area (Å²) in [6.07, 6.45) is 0. The first-order valence-corrected chi connectivity index (χ1v) is 7.72. The van der Waals surface area contributed by atoms with Gasteiger partial charge >= 0.3 is 0 Å². The second-order valence-corrected chi connectivity index (χ2v) is 5.74. The summed E-state index contributed by atoms with van der Waals surface area (Å²) >= 11 is 0. The van der Waals surface area contributed by atoms with E-state index < -0.39 is 0 Å². The number of nitrogens with zero attached hydrogens (tertiary/aromatic N) is 3. The lowest BCUT2D eigenvalue weighted by molar-refractivity contribution is 0.414. The molecular weight excluding hydrogens is 316 g/mol. The van der Waals surface area contributed by atoms with Crippen molar-refractivity contribution in [1.82, 2.24) is 14.8 Å². The molecule has 4 aromatic rings. The molecule has 0 saturated heterocycles. The summed E-state index contributed by atoms with van der Waals surface area (Å²) in [6.45, 7) is 1.94. The molecule has 0 saturated carbocycles. The molecule has 0 aliphatic heterocycles. The number of aromatic nitrogens is 3. The fourth-order valence-electron chi connectivity index (χ4n) is 3.03. The SMILES string of the molecule is COc1ccc(-n2nc(C)c3ccc4[nH]c(=O)c(C#N)cc4c32)cc1. The van der Waals surface area contributed by atoms with Gasteiger partial charge in [0.1, 0.15) is 17.4 Å². The van der Waals surface area contributed by atoms with Gasteiger partial charge in [-0.25, -0.2) is 4.68 Å². The van der Waals surface area contributed by atoms with Crippen molar-refractivity contribution >= 4 is 21.8 Å². The molecule has 25 heavy (non-hydrogen) atoms. The molecule has 0 atom stereocenters. The van der Waals surface area contributed by atoms with Gasteiger partial charge in [0.05, 0.1) is 29.5 Å². The van der Waals surface area contributed by atoms with Gasteiger partial charge in [-0.05, 0) is 49.4 Å². The lowest BCUT2D eigenvalue weighted by atomic mass is 10.1. The van der Waals surface area contributed by atoms with Crippen molar-refractivity contribution in [1.29, 1.82) is 5.26 Å². The van der Waals surface area contributed by atoms with E-state index in [-0.39, 0.29) is 11.1 Å². The minimum atomic E-state index is -0.387. The third-order valence-electron chi connectivity index (χ3n) is 4.29. The lowest BCUT2D eigenvalue weighted by Crippen LogP contribution is -2.09. The first-order chi connectivity index (χ1) is 12.1. The fourth-order valence-corrected chi connectivity index (χ4v) is 3.03. The summed E-state index contributed by atoms with van der Waals surface area (Å²) in [5, 5.41) is 15.6. The number of aromatic amines is 1. The monoisotopic (exact) mass is 330 g/mol. The van der Waals surface area contributed by atoms with Gasteiger partial charge in [0, 0.05) is 10.8 Å². The topological polar surface area (TPSA) is 83.7 Å². The summed E-state index contributed by atoms with van der Waals surface area (Å²) in [7, 11) is 1.62. The fraction of sp³-hybridized carbons (Fsp3) is 0.105. The maximum Gasteiger partial charge on any atom is 0.266 e. The van der Waals surface area contributed by atoms with Crippen LogP contribution in [0, 0.1) is 18.3 Å². The van der Waals surface area contributed by atoms with E-state index in [4.69, 9.17) is 4.74 Å².